The maximum absolute atomic E-state index is 11.6. The SMILES string of the molecule is CCC(C)C(=O)N[C@H](C)C(=O)OC(C)(C)C. The normalized spacial score (nSPS) is 15.1. The van der Waals surface area contributed by atoms with E-state index in [1.54, 1.807) is 27.7 Å². The van der Waals surface area contributed by atoms with Gasteiger partial charge >= 0.3 is 5.97 Å². The second-order valence-electron chi connectivity index (χ2n) is 5.07. The summed E-state index contributed by atoms with van der Waals surface area (Å²) in [7, 11) is 0. The molecule has 0 aromatic heterocycles. The zero-order valence-corrected chi connectivity index (χ0v) is 11.1. The Labute approximate surface area is 97.7 Å². The Balaban J connectivity index is 4.21. The molecule has 0 fully saturated rings. The van der Waals surface area contributed by atoms with Crippen LogP contribution in [0.3, 0.4) is 0 Å². The summed E-state index contributed by atoms with van der Waals surface area (Å²) >= 11 is 0. The van der Waals surface area contributed by atoms with E-state index < -0.39 is 17.6 Å². The Bertz CT molecular complexity index is 255. The van der Waals surface area contributed by atoms with Crippen LogP contribution >= 0.6 is 0 Å². The molecule has 4 heteroatoms. The van der Waals surface area contributed by atoms with Crippen molar-refractivity contribution in [2.75, 3.05) is 0 Å². The molecule has 0 aliphatic rings. The first-order valence-corrected chi connectivity index (χ1v) is 5.70. The Hall–Kier alpha value is -1.06. The van der Waals surface area contributed by atoms with Crippen LogP contribution in [0.5, 0.6) is 0 Å². The van der Waals surface area contributed by atoms with E-state index in [0.717, 1.165) is 6.42 Å². The zero-order valence-electron chi connectivity index (χ0n) is 11.1. The molecule has 0 saturated carbocycles. The van der Waals surface area contributed by atoms with Gasteiger partial charge in [-0.3, -0.25) is 4.79 Å². The van der Waals surface area contributed by atoms with Crippen LogP contribution in [0.4, 0.5) is 0 Å². The first-order chi connectivity index (χ1) is 7.17. The summed E-state index contributed by atoms with van der Waals surface area (Å²) in [6.45, 7) is 10.8. The number of amides is 1. The minimum Gasteiger partial charge on any atom is -0.458 e. The van der Waals surface area contributed by atoms with Gasteiger partial charge in [0, 0.05) is 5.92 Å². The molecule has 2 atom stereocenters. The van der Waals surface area contributed by atoms with Crippen molar-refractivity contribution in [1.82, 2.24) is 5.32 Å². The second kappa shape index (κ2) is 5.87. The van der Waals surface area contributed by atoms with Gasteiger partial charge in [-0.2, -0.15) is 0 Å². The molecule has 0 aliphatic heterocycles. The van der Waals surface area contributed by atoms with Crippen molar-refractivity contribution in [2.45, 2.75) is 59.6 Å². The number of nitrogens with one attached hydrogen (secondary N) is 1. The molecule has 0 aromatic carbocycles. The van der Waals surface area contributed by atoms with Gasteiger partial charge in [0.15, 0.2) is 0 Å². The van der Waals surface area contributed by atoms with Gasteiger partial charge in [-0.05, 0) is 34.1 Å². The maximum Gasteiger partial charge on any atom is 0.328 e. The van der Waals surface area contributed by atoms with Crippen LogP contribution < -0.4 is 5.32 Å². The lowest BCUT2D eigenvalue weighted by molar-refractivity contribution is -0.158. The summed E-state index contributed by atoms with van der Waals surface area (Å²) in [6, 6.07) is -0.597. The molecule has 4 nitrogen and oxygen atoms in total. The predicted molar refractivity (Wildman–Crippen MR) is 62.9 cm³/mol. The van der Waals surface area contributed by atoms with E-state index in [1.807, 2.05) is 13.8 Å². The van der Waals surface area contributed by atoms with Gasteiger partial charge < -0.3 is 10.1 Å². The molecular formula is C12H23NO3. The Morgan fingerprint density at radius 2 is 1.75 bits per heavy atom. The Morgan fingerprint density at radius 1 is 1.25 bits per heavy atom. The third kappa shape index (κ3) is 5.73. The summed E-state index contributed by atoms with van der Waals surface area (Å²) in [5.41, 5.74) is -0.521. The number of carbonyl (C=O) groups is 2. The van der Waals surface area contributed by atoms with Crippen LogP contribution in [-0.2, 0) is 14.3 Å². The van der Waals surface area contributed by atoms with Gasteiger partial charge in [-0.1, -0.05) is 13.8 Å². The van der Waals surface area contributed by atoms with Crippen molar-refractivity contribution in [1.29, 1.82) is 0 Å². The van der Waals surface area contributed by atoms with Gasteiger partial charge in [-0.15, -0.1) is 0 Å². The highest BCUT2D eigenvalue weighted by atomic mass is 16.6. The molecule has 94 valence electrons. The maximum atomic E-state index is 11.6. The fraction of sp³-hybridized carbons (Fsp3) is 0.833. The van der Waals surface area contributed by atoms with Crippen LogP contribution in [0.2, 0.25) is 0 Å². The van der Waals surface area contributed by atoms with Gasteiger partial charge in [-0.25, -0.2) is 4.79 Å². The topological polar surface area (TPSA) is 55.4 Å². The third-order valence-corrected chi connectivity index (χ3v) is 2.18. The number of hydrogen-bond acceptors (Lipinski definition) is 3. The van der Waals surface area contributed by atoms with Gasteiger partial charge in [0.05, 0.1) is 0 Å². The molecule has 16 heavy (non-hydrogen) atoms. The van der Waals surface area contributed by atoms with E-state index in [0.29, 0.717) is 0 Å². The van der Waals surface area contributed by atoms with Crippen LogP contribution in [0.15, 0.2) is 0 Å². The summed E-state index contributed by atoms with van der Waals surface area (Å²) in [4.78, 5) is 23.1. The van der Waals surface area contributed by atoms with Crippen molar-refractivity contribution < 1.29 is 14.3 Å². The summed E-state index contributed by atoms with van der Waals surface area (Å²) in [5, 5.41) is 2.64. The van der Waals surface area contributed by atoms with Crippen LogP contribution in [-0.4, -0.2) is 23.5 Å². The van der Waals surface area contributed by atoms with E-state index in [-0.39, 0.29) is 11.8 Å². The minimum absolute atomic E-state index is 0.0788. The molecule has 0 heterocycles. The van der Waals surface area contributed by atoms with Crippen molar-refractivity contribution in [3.63, 3.8) is 0 Å². The van der Waals surface area contributed by atoms with Crippen molar-refractivity contribution in [3.05, 3.63) is 0 Å². The van der Waals surface area contributed by atoms with Gasteiger partial charge in [0.25, 0.3) is 0 Å². The molecular weight excluding hydrogens is 206 g/mol. The summed E-state index contributed by atoms with van der Waals surface area (Å²) in [6.07, 6.45) is 0.757. The minimum atomic E-state index is -0.597. The van der Waals surface area contributed by atoms with E-state index in [1.165, 1.54) is 0 Å². The molecule has 1 amide bonds. The van der Waals surface area contributed by atoms with E-state index in [9.17, 15) is 9.59 Å². The molecule has 1 N–H and O–H groups in total. The lowest BCUT2D eigenvalue weighted by atomic mass is 10.1. The monoisotopic (exact) mass is 229 g/mol. The molecule has 0 spiro atoms. The molecule has 0 aromatic rings. The average Bonchev–Trinajstić information content (AvgIpc) is 2.13. The number of rotatable bonds is 4. The van der Waals surface area contributed by atoms with Crippen molar-refractivity contribution in [3.8, 4) is 0 Å². The zero-order chi connectivity index (χ0) is 12.9. The largest absolute Gasteiger partial charge is 0.458 e. The molecule has 0 aliphatic carbocycles. The molecule has 1 unspecified atom stereocenters. The summed E-state index contributed by atoms with van der Waals surface area (Å²) in [5.74, 6) is -0.588. The van der Waals surface area contributed by atoms with Crippen molar-refractivity contribution >= 4 is 11.9 Å². The van der Waals surface area contributed by atoms with E-state index in [2.05, 4.69) is 5.32 Å². The average molecular weight is 229 g/mol. The smallest absolute Gasteiger partial charge is 0.328 e. The first kappa shape index (κ1) is 14.9. The summed E-state index contributed by atoms with van der Waals surface area (Å²) < 4.78 is 5.16. The van der Waals surface area contributed by atoms with Gasteiger partial charge in [0.1, 0.15) is 11.6 Å². The van der Waals surface area contributed by atoms with E-state index >= 15 is 0 Å². The van der Waals surface area contributed by atoms with Crippen LogP contribution in [0, 0.1) is 5.92 Å². The highest BCUT2D eigenvalue weighted by molar-refractivity contribution is 5.85. The van der Waals surface area contributed by atoms with E-state index in [4.69, 9.17) is 4.74 Å². The standard InChI is InChI=1S/C12H23NO3/c1-7-8(2)10(14)13-9(3)11(15)16-12(4,5)6/h8-9H,7H2,1-6H3,(H,13,14)/t8?,9-/m1/s1. The molecule has 0 radical (unpaired) electrons. The fourth-order valence-corrected chi connectivity index (χ4v) is 0.990. The predicted octanol–water partition coefficient (Wildman–Crippen LogP) is 1.88. The Kier molecular flexibility index (Phi) is 5.48. The lowest BCUT2D eigenvalue weighted by Gasteiger charge is -2.23. The quantitative estimate of drug-likeness (QED) is 0.749. The second-order valence-corrected chi connectivity index (χ2v) is 5.07. The first-order valence-electron chi connectivity index (χ1n) is 5.70. The lowest BCUT2D eigenvalue weighted by Crippen LogP contribution is -2.44. The number of ether oxygens (including phenoxy) is 1. The van der Waals surface area contributed by atoms with Crippen LogP contribution in [0.25, 0.3) is 0 Å². The van der Waals surface area contributed by atoms with Gasteiger partial charge in [0.2, 0.25) is 5.91 Å². The molecule has 0 bridgehead atoms. The fourth-order valence-electron chi connectivity index (χ4n) is 0.990. The Morgan fingerprint density at radius 3 is 2.12 bits per heavy atom. The molecule has 0 rings (SSSR count). The number of hydrogen-bond donors (Lipinski definition) is 1. The van der Waals surface area contributed by atoms with Crippen LogP contribution in [0.1, 0.15) is 48.0 Å². The number of carbonyl (C=O) groups excluding carboxylic acids is 2. The third-order valence-electron chi connectivity index (χ3n) is 2.18. The number of esters is 1. The highest BCUT2D eigenvalue weighted by Crippen LogP contribution is 2.09. The highest BCUT2D eigenvalue weighted by Gasteiger charge is 2.24. The van der Waals surface area contributed by atoms with Crippen molar-refractivity contribution in [2.24, 2.45) is 5.92 Å². The molecule has 0 saturated heterocycles.